The lowest BCUT2D eigenvalue weighted by Crippen LogP contribution is -2.41. The Morgan fingerprint density at radius 3 is 2.39 bits per heavy atom. The second kappa shape index (κ2) is 8.07. The van der Waals surface area contributed by atoms with Crippen molar-refractivity contribution in [2.24, 2.45) is 0 Å². The molecule has 0 unspecified atom stereocenters. The van der Waals surface area contributed by atoms with Crippen LogP contribution < -0.4 is 5.32 Å². The van der Waals surface area contributed by atoms with Gasteiger partial charge in [0.1, 0.15) is 0 Å². The molecule has 0 heterocycles. The number of carbonyl (C=O) groups is 2. The zero-order valence-electron chi connectivity index (χ0n) is 13.7. The summed E-state index contributed by atoms with van der Waals surface area (Å²) in [5.41, 5.74) is 0.506. The first-order valence-corrected chi connectivity index (χ1v) is 9.04. The zero-order valence-corrected chi connectivity index (χ0v) is 14.5. The molecule has 0 atom stereocenters. The Kier molecular flexibility index (Phi) is 6.71. The fourth-order valence-corrected chi connectivity index (χ4v) is 3.11. The van der Waals surface area contributed by atoms with Crippen LogP contribution in [0.25, 0.3) is 0 Å². The molecule has 0 aliphatic rings. The highest BCUT2D eigenvalue weighted by Gasteiger charge is 2.24. The van der Waals surface area contributed by atoms with Gasteiger partial charge in [-0.2, -0.15) is 4.31 Å². The van der Waals surface area contributed by atoms with Crippen molar-refractivity contribution in [1.82, 2.24) is 4.31 Å². The third-order valence-electron chi connectivity index (χ3n) is 3.00. The first kappa shape index (κ1) is 19.1. The molecule has 0 fully saturated rings. The summed E-state index contributed by atoms with van der Waals surface area (Å²) in [6.07, 6.45) is 1.05. The molecule has 1 rings (SSSR count). The van der Waals surface area contributed by atoms with Gasteiger partial charge in [-0.3, -0.25) is 4.79 Å². The Morgan fingerprint density at radius 1 is 1.26 bits per heavy atom. The summed E-state index contributed by atoms with van der Waals surface area (Å²) >= 11 is 0. The lowest BCUT2D eigenvalue weighted by molar-refractivity contribution is -0.116. The molecule has 8 heteroatoms. The molecule has 1 amide bonds. The van der Waals surface area contributed by atoms with Gasteiger partial charge in [-0.1, -0.05) is 12.1 Å². The summed E-state index contributed by atoms with van der Waals surface area (Å²) in [4.78, 5) is 24.0. The molecular weight excluding hydrogens is 320 g/mol. The summed E-state index contributed by atoms with van der Waals surface area (Å²) in [6.45, 7) is 4.94. The highest BCUT2D eigenvalue weighted by Crippen LogP contribution is 2.16. The number of nitrogens with zero attached hydrogens (tertiary/aromatic N) is 1. The van der Waals surface area contributed by atoms with Crippen LogP contribution in [0.1, 0.15) is 31.1 Å². The fourth-order valence-electron chi connectivity index (χ4n) is 1.99. The lowest BCUT2D eigenvalue weighted by Gasteiger charge is -2.23. The van der Waals surface area contributed by atoms with E-state index in [0.717, 1.165) is 10.6 Å². The van der Waals surface area contributed by atoms with E-state index >= 15 is 0 Å². The number of ether oxygens (including phenoxy) is 1. The number of esters is 1. The quantitative estimate of drug-likeness (QED) is 0.758. The van der Waals surface area contributed by atoms with Crippen molar-refractivity contribution in [2.45, 2.75) is 26.8 Å². The number of hydrogen-bond donors (Lipinski definition) is 1. The monoisotopic (exact) mass is 342 g/mol. The molecular formula is C15H22N2O5S. The normalized spacial score (nSPS) is 11.6. The number of anilines is 1. The molecule has 7 nitrogen and oxygen atoms in total. The van der Waals surface area contributed by atoms with Gasteiger partial charge in [-0.05, 0) is 32.9 Å². The maximum atomic E-state index is 12.1. The van der Waals surface area contributed by atoms with Gasteiger partial charge in [0.05, 0.1) is 30.7 Å². The number of nitrogens with one attached hydrogen (secondary N) is 1. The predicted molar refractivity (Wildman–Crippen MR) is 87.7 cm³/mol. The number of para-hydroxylation sites is 1. The SMILES string of the molecule is CCOC(=O)c1ccccc1NC(=O)CN(C(C)C)S(C)(=O)=O. The molecule has 0 saturated heterocycles. The van der Waals surface area contributed by atoms with E-state index < -0.39 is 21.9 Å². The van der Waals surface area contributed by atoms with Crippen molar-refractivity contribution in [3.05, 3.63) is 29.8 Å². The van der Waals surface area contributed by atoms with Gasteiger partial charge in [-0.25, -0.2) is 13.2 Å². The van der Waals surface area contributed by atoms with Crippen molar-refractivity contribution in [2.75, 3.05) is 24.7 Å². The van der Waals surface area contributed by atoms with Crippen LogP contribution in [0.5, 0.6) is 0 Å². The van der Waals surface area contributed by atoms with Crippen LogP contribution in [-0.4, -0.2) is 50.0 Å². The first-order valence-electron chi connectivity index (χ1n) is 7.19. The molecule has 0 spiro atoms. The molecule has 1 aromatic carbocycles. The van der Waals surface area contributed by atoms with Gasteiger partial charge in [0, 0.05) is 6.04 Å². The molecule has 0 aliphatic heterocycles. The minimum atomic E-state index is -3.51. The maximum Gasteiger partial charge on any atom is 0.340 e. The Morgan fingerprint density at radius 2 is 1.87 bits per heavy atom. The van der Waals surface area contributed by atoms with Crippen LogP contribution in [0, 0.1) is 0 Å². The number of carbonyl (C=O) groups excluding carboxylic acids is 2. The van der Waals surface area contributed by atoms with E-state index in [9.17, 15) is 18.0 Å². The molecule has 1 N–H and O–H groups in total. The fraction of sp³-hybridized carbons (Fsp3) is 0.467. The summed E-state index contributed by atoms with van der Waals surface area (Å²) in [7, 11) is -3.51. The Balaban J connectivity index is 2.92. The average Bonchev–Trinajstić information content (AvgIpc) is 2.44. The molecule has 1 aromatic rings. The van der Waals surface area contributed by atoms with Crippen molar-refractivity contribution in [1.29, 1.82) is 0 Å². The van der Waals surface area contributed by atoms with E-state index in [1.54, 1.807) is 39.0 Å². The largest absolute Gasteiger partial charge is 0.462 e. The predicted octanol–water partition coefficient (Wildman–Crippen LogP) is 1.47. The second-order valence-electron chi connectivity index (χ2n) is 5.22. The Labute approximate surface area is 136 Å². The second-order valence-corrected chi connectivity index (χ2v) is 7.15. The van der Waals surface area contributed by atoms with Crippen LogP contribution in [0.3, 0.4) is 0 Å². The van der Waals surface area contributed by atoms with Gasteiger partial charge in [0.25, 0.3) is 0 Å². The third-order valence-corrected chi connectivity index (χ3v) is 4.40. The van der Waals surface area contributed by atoms with Crippen LogP contribution in [0.4, 0.5) is 5.69 Å². The van der Waals surface area contributed by atoms with Crippen molar-refractivity contribution in [3.8, 4) is 0 Å². The van der Waals surface area contributed by atoms with E-state index in [0.29, 0.717) is 0 Å². The van der Waals surface area contributed by atoms with Crippen LogP contribution >= 0.6 is 0 Å². The summed E-state index contributed by atoms with van der Waals surface area (Å²) in [5, 5.41) is 2.56. The van der Waals surface area contributed by atoms with Crippen LogP contribution in [-0.2, 0) is 19.6 Å². The number of sulfonamides is 1. The number of rotatable bonds is 7. The van der Waals surface area contributed by atoms with Gasteiger partial charge in [0.2, 0.25) is 15.9 Å². The maximum absolute atomic E-state index is 12.1. The zero-order chi connectivity index (χ0) is 17.6. The summed E-state index contributed by atoms with van der Waals surface area (Å²) in [6, 6.07) is 6.05. The van der Waals surface area contributed by atoms with Gasteiger partial charge in [-0.15, -0.1) is 0 Å². The van der Waals surface area contributed by atoms with E-state index in [2.05, 4.69) is 5.32 Å². The van der Waals surface area contributed by atoms with Crippen LogP contribution in [0.2, 0.25) is 0 Å². The molecule has 0 saturated carbocycles. The van der Waals surface area contributed by atoms with Crippen LogP contribution in [0.15, 0.2) is 24.3 Å². The molecule has 0 bridgehead atoms. The minimum absolute atomic E-state index is 0.219. The molecule has 0 radical (unpaired) electrons. The molecule has 23 heavy (non-hydrogen) atoms. The molecule has 128 valence electrons. The molecule has 0 aliphatic carbocycles. The van der Waals surface area contributed by atoms with Crippen molar-refractivity contribution < 1.29 is 22.7 Å². The smallest absolute Gasteiger partial charge is 0.340 e. The van der Waals surface area contributed by atoms with E-state index in [1.807, 2.05) is 0 Å². The average molecular weight is 342 g/mol. The third kappa shape index (κ3) is 5.65. The number of amides is 1. The number of hydrogen-bond acceptors (Lipinski definition) is 5. The lowest BCUT2D eigenvalue weighted by atomic mass is 10.2. The van der Waals surface area contributed by atoms with E-state index in [1.165, 1.54) is 6.07 Å². The highest BCUT2D eigenvalue weighted by atomic mass is 32.2. The highest BCUT2D eigenvalue weighted by molar-refractivity contribution is 7.88. The van der Waals surface area contributed by atoms with Gasteiger partial charge in [0.15, 0.2) is 0 Å². The number of benzene rings is 1. The van der Waals surface area contributed by atoms with Gasteiger partial charge >= 0.3 is 5.97 Å². The van der Waals surface area contributed by atoms with Gasteiger partial charge < -0.3 is 10.1 Å². The topological polar surface area (TPSA) is 92.8 Å². The van der Waals surface area contributed by atoms with Crippen molar-refractivity contribution in [3.63, 3.8) is 0 Å². The molecule has 0 aromatic heterocycles. The van der Waals surface area contributed by atoms with E-state index in [-0.39, 0.29) is 30.4 Å². The Bertz CT molecular complexity index is 670. The standard InChI is InChI=1S/C15H22N2O5S/c1-5-22-15(19)12-8-6-7-9-13(12)16-14(18)10-17(11(2)3)23(4,20)21/h6-9,11H,5,10H2,1-4H3,(H,16,18). The Hall–Kier alpha value is -1.93. The summed E-state index contributed by atoms with van der Waals surface area (Å²) < 4.78 is 29.4. The summed E-state index contributed by atoms with van der Waals surface area (Å²) in [5.74, 6) is -1.08. The van der Waals surface area contributed by atoms with Crippen molar-refractivity contribution >= 4 is 27.6 Å². The van der Waals surface area contributed by atoms with E-state index in [4.69, 9.17) is 4.74 Å². The minimum Gasteiger partial charge on any atom is -0.462 e. The first-order chi connectivity index (χ1) is 10.7.